The highest BCUT2D eigenvalue weighted by Gasteiger charge is 2.53. The van der Waals surface area contributed by atoms with Crippen LogP contribution in [0.15, 0.2) is 40.3 Å². The Kier molecular flexibility index (Phi) is 6.79. The van der Waals surface area contributed by atoms with Crippen molar-refractivity contribution in [1.82, 2.24) is 9.88 Å². The summed E-state index contributed by atoms with van der Waals surface area (Å²) in [5, 5.41) is 11.8. The normalized spacial score (nSPS) is 33.2. The summed E-state index contributed by atoms with van der Waals surface area (Å²) in [5.74, 6) is 2.02. The maximum absolute atomic E-state index is 11.8. The molecule has 1 radical (unpaired) electrons. The number of ether oxygens (including phenoxy) is 1. The van der Waals surface area contributed by atoms with Crippen molar-refractivity contribution in [2.75, 3.05) is 19.6 Å². The number of likely N-dealkylation sites (tertiary alicyclic amines) is 1. The molecule has 1 N–H and O–H groups in total. The number of fused-ring (bicyclic) bond motifs is 2. The Morgan fingerprint density at radius 1 is 1.26 bits per heavy atom. The Balaban J connectivity index is 1.23. The quantitative estimate of drug-likeness (QED) is 0.473. The predicted octanol–water partition coefficient (Wildman–Crippen LogP) is 5.13. The summed E-state index contributed by atoms with van der Waals surface area (Å²) in [5.41, 5.74) is 1.92. The molecule has 5 rings (SSSR count). The molecule has 1 unspecified atom stereocenters. The van der Waals surface area contributed by atoms with Gasteiger partial charge < -0.3 is 19.2 Å². The van der Waals surface area contributed by atoms with Crippen LogP contribution in [-0.4, -0.2) is 52.3 Å². The van der Waals surface area contributed by atoms with Crippen molar-refractivity contribution < 1.29 is 19.1 Å². The van der Waals surface area contributed by atoms with Crippen molar-refractivity contribution in [2.45, 2.75) is 71.0 Å². The van der Waals surface area contributed by atoms with Gasteiger partial charge in [-0.25, -0.2) is 4.98 Å². The van der Waals surface area contributed by atoms with Gasteiger partial charge in [0.2, 0.25) is 0 Å². The van der Waals surface area contributed by atoms with E-state index in [0.717, 1.165) is 67.9 Å². The Morgan fingerprint density at radius 2 is 2.00 bits per heavy atom. The second-order valence-corrected chi connectivity index (χ2v) is 11.2. The minimum absolute atomic E-state index is 0.0605. The van der Waals surface area contributed by atoms with Crippen LogP contribution in [-0.2, 0) is 9.53 Å². The van der Waals surface area contributed by atoms with E-state index >= 15 is 0 Å². The highest BCUT2D eigenvalue weighted by molar-refractivity contribution is 5.72. The number of aromatic nitrogens is 1. The lowest BCUT2D eigenvalue weighted by atomic mass is 9.57. The molecule has 6 atom stereocenters. The van der Waals surface area contributed by atoms with Crippen molar-refractivity contribution in [1.29, 1.82) is 0 Å². The fraction of sp³-hybridized carbons (Fsp3) is 0.621. The molecule has 0 amide bonds. The second kappa shape index (κ2) is 9.70. The first-order valence-electron chi connectivity index (χ1n) is 13.3. The predicted molar refractivity (Wildman–Crippen MR) is 136 cm³/mol. The van der Waals surface area contributed by atoms with Gasteiger partial charge >= 0.3 is 5.97 Å². The fourth-order valence-electron chi connectivity index (χ4n) is 6.72. The first-order chi connectivity index (χ1) is 16.7. The summed E-state index contributed by atoms with van der Waals surface area (Å²) in [6.45, 7) is 11.0. The summed E-state index contributed by atoms with van der Waals surface area (Å²) in [6, 6.07) is 8.00. The molecule has 1 aliphatic heterocycles. The topological polar surface area (TPSA) is 75.8 Å². The summed E-state index contributed by atoms with van der Waals surface area (Å²) in [6.07, 6.45) is 7.89. The van der Waals surface area contributed by atoms with Crippen molar-refractivity contribution in [3.63, 3.8) is 0 Å². The Bertz CT molecular complexity index is 1050. The van der Waals surface area contributed by atoms with Gasteiger partial charge in [-0.2, -0.15) is 0 Å². The van der Waals surface area contributed by atoms with Gasteiger partial charge in [0.25, 0.3) is 0 Å². The van der Waals surface area contributed by atoms with Crippen molar-refractivity contribution in [3.8, 4) is 0 Å². The molecule has 1 aromatic heterocycles. The molecular weight excluding hydrogens is 440 g/mol. The van der Waals surface area contributed by atoms with Crippen molar-refractivity contribution in [2.24, 2.45) is 23.7 Å². The molecule has 35 heavy (non-hydrogen) atoms. The van der Waals surface area contributed by atoms with Gasteiger partial charge in [0, 0.05) is 31.7 Å². The van der Waals surface area contributed by atoms with E-state index in [4.69, 9.17) is 14.1 Å². The van der Waals surface area contributed by atoms with Crippen LogP contribution in [0.3, 0.4) is 0 Å². The molecule has 2 fully saturated rings. The Labute approximate surface area is 208 Å². The molecule has 189 valence electrons. The van der Waals surface area contributed by atoms with Crippen molar-refractivity contribution >= 4 is 17.1 Å². The Morgan fingerprint density at radius 3 is 2.71 bits per heavy atom. The number of rotatable bonds is 5. The van der Waals surface area contributed by atoms with Gasteiger partial charge in [-0.15, -0.1) is 0 Å². The minimum Gasteiger partial charge on any atom is -0.458 e. The summed E-state index contributed by atoms with van der Waals surface area (Å²) in [4.78, 5) is 18.9. The standard InChI is InChI=1S/C29H39N2O4/c1-18-15-24-23(10-9-20(3)29(24,33)16-27(18)34-21(4)32)19(2)17-31-13-11-22(12-14-31)28-30-25-7-5-6-8-26(25)35-28/h5-8,15-16,19-20,22-24,27,33H,9-14,17H2,1-4H3/t19?,20-,23+,24-,27-,29-/m1/s1. The number of aliphatic hydroxyl groups is 1. The van der Waals surface area contributed by atoms with Crippen LogP contribution in [0.2, 0.25) is 0 Å². The van der Waals surface area contributed by atoms with E-state index in [2.05, 4.69) is 24.8 Å². The van der Waals surface area contributed by atoms with Gasteiger partial charge in [-0.05, 0) is 81.2 Å². The molecule has 6 heteroatoms. The summed E-state index contributed by atoms with van der Waals surface area (Å²) < 4.78 is 11.5. The van der Waals surface area contributed by atoms with Crippen LogP contribution in [0.1, 0.15) is 65.2 Å². The number of carbonyl (C=O) groups excluding carboxylic acids is 1. The number of para-hydroxylation sites is 2. The molecule has 6 nitrogen and oxygen atoms in total. The second-order valence-electron chi connectivity index (χ2n) is 11.2. The third-order valence-corrected chi connectivity index (χ3v) is 8.84. The number of hydrogen-bond acceptors (Lipinski definition) is 6. The first kappa shape index (κ1) is 24.5. The van der Waals surface area contributed by atoms with E-state index in [1.165, 1.54) is 6.92 Å². The fourth-order valence-corrected chi connectivity index (χ4v) is 6.72. The molecule has 2 aliphatic carbocycles. The molecule has 1 saturated carbocycles. The average Bonchev–Trinajstić information content (AvgIpc) is 3.26. The smallest absolute Gasteiger partial charge is 0.303 e. The Hall–Kier alpha value is -2.18. The maximum atomic E-state index is 11.8. The number of nitrogens with zero attached hydrogens (tertiary/aromatic N) is 2. The minimum atomic E-state index is -0.934. The number of oxazole rings is 1. The molecular formula is C29H39N2O4. The molecule has 1 saturated heterocycles. The third-order valence-electron chi connectivity index (χ3n) is 8.84. The van der Waals surface area contributed by atoms with Crippen molar-refractivity contribution in [3.05, 3.63) is 48.2 Å². The number of esters is 1. The summed E-state index contributed by atoms with van der Waals surface area (Å²) >= 11 is 0. The van der Waals surface area contributed by atoms with Gasteiger partial charge in [0.1, 0.15) is 11.6 Å². The van der Waals surface area contributed by atoms with E-state index in [-0.39, 0.29) is 17.8 Å². The van der Waals surface area contributed by atoms with Crippen LogP contribution < -0.4 is 0 Å². The zero-order valence-corrected chi connectivity index (χ0v) is 21.4. The van der Waals surface area contributed by atoms with E-state index < -0.39 is 11.7 Å². The van der Waals surface area contributed by atoms with E-state index in [1.807, 2.05) is 37.6 Å². The van der Waals surface area contributed by atoms with Crippen LogP contribution in [0, 0.1) is 30.1 Å². The van der Waals surface area contributed by atoms with Gasteiger partial charge in [-0.3, -0.25) is 4.79 Å². The number of carbonyl (C=O) groups is 1. The molecule has 0 spiro atoms. The zero-order valence-electron chi connectivity index (χ0n) is 21.4. The molecule has 3 aliphatic rings. The molecule has 0 bridgehead atoms. The lowest BCUT2D eigenvalue weighted by Gasteiger charge is -2.53. The monoisotopic (exact) mass is 479 g/mol. The number of benzene rings is 1. The SMILES string of the molecule is CC(=O)O[C@@H]1[CH][C@@]2(O)[C@H](C)CC[C@@H](C(C)CN3CCC(c4nc5ccccc5o4)CC3)[C@H]2C=C1C. The van der Waals surface area contributed by atoms with Gasteiger partial charge in [-0.1, -0.05) is 32.1 Å². The van der Waals surface area contributed by atoms with E-state index in [0.29, 0.717) is 17.8 Å². The third kappa shape index (κ3) is 4.79. The lowest BCUT2D eigenvalue weighted by molar-refractivity contribution is -0.148. The zero-order chi connectivity index (χ0) is 24.7. The first-order valence-corrected chi connectivity index (χ1v) is 13.3. The number of hydrogen-bond donors (Lipinski definition) is 1. The molecule has 2 aromatic rings. The number of piperidine rings is 1. The lowest BCUT2D eigenvalue weighted by Crippen LogP contribution is -2.56. The van der Waals surface area contributed by atoms with Crippen LogP contribution in [0.25, 0.3) is 11.1 Å². The highest BCUT2D eigenvalue weighted by atomic mass is 16.5. The van der Waals surface area contributed by atoms with Gasteiger partial charge in [0.05, 0.1) is 5.60 Å². The summed E-state index contributed by atoms with van der Waals surface area (Å²) in [7, 11) is 0. The van der Waals surface area contributed by atoms with Gasteiger partial charge in [0.15, 0.2) is 11.5 Å². The van der Waals surface area contributed by atoms with Crippen LogP contribution >= 0.6 is 0 Å². The highest BCUT2D eigenvalue weighted by Crippen LogP contribution is 2.51. The van der Waals surface area contributed by atoms with E-state index in [9.17, 15) is 9.90 Å². The molecule has 2 heterocycles. The maximum Gasteiger partial charge on any atom is 0.303 e. The van der Waals surface area contributed by atoms with E-state index in [1.54, 1.807) is 0 Å². The van der Waals surface area contributed by atoms with Crippen LogP contribution in [0.4, 0.5) is 0 Å². The molecule has 1 aromatic carbocycles. The van der Waals surface area contributed by atoms with Crippen LogP contribution in [0.5, 0.6) is 0 Å². The largest absolute Gasteiger partial charge is 0.458 e. The average molecular weight is 480 g/mol.